The minimum absolute atomic E-state index is 0.0754. The van der Waals surface area contributed by atoms with E-state index in [-0.39, 0.29) is 18.2 Å². The van der Waals surface area contributed by atoms with Crippen LogP contribution in [0.5, 0.6) is 0 Å². The molecule has 0 fully saturated rings. The van der Waals surface area contributed by atoms with E-state index in [1.807, 2.05) is 13.1 Å². The van der Waals surface area contributed by atoms with Crippen LogP contribution in [0.1, 0.15) is 5.56 Å². The van der Waals surface area contributed by atoms with Gasteiger partial charge in [-0.25, -0.2) is 20.2 Å². The largest absolute Gasteiger partial charge is 0.381 e. The molecular weight excluding hydrogens is 347 g/mol. The molecule has 9 heteroatoms. The van der Waals surface area contributed by atoms with E-state index in [1.54, 1.807) is 41.6 Å². The Balaban J connectivity index is 1.67. The Morgan fingerprint density at radius 1 is 1.22 bits per heavy atom. The topological polar surface area (TPSA) is 112 Å². The van der Waals surface area contributed by atoms with Crippen LogP contribution in [0.15, 0.2) is 49.1 Å². The van der Waals surface area contributed by atoms with Crippen LogP contribution >= 0.6 is 0 Å². The van der Waals surface area contributed by atoms with Gasteiger partial charge in [0.2, 0.25) is 0 Å². The van der Waals surface area contributed by atoms with E-state index in [0.717, 1.165) is 10.9 Å². The lowest BCUT2D eigenvalue weighted by Gasteiger charge is -2.20. The number of hydrogen-bond donors (Lipinski definition) is 2. The predicted molar refractivity (Wildman–Crippen MR) is 101 cm³/mol. The van der Waals surface area contributed by atoms with Crippen molar-refractivity contribution in [3.8, 4) is 11.3 Å². The fourth-order valence-electron chi connectivity index (χ4n) is 2.81. The molecular formula is C18H17FN8. The molecule has 0 aliphatic heterocycles. The molecule has 3 heterocycles. The van der Waals surface area contributed by atoms with Gasteiger partial charge < -0.3 is 5.73 Å². The summed E-state index contributed by atoms with van der Waals surface area (Å²) in [5, 5.41) is 6.22. The van der Waals surface area contributed by atoms with Crippen LogP contribution in [0.4, 0.5) is 16.0 Å². The van der Waals surface area contributed by atoms with Gasteiger partial charge in [-0.2, -0.15) is 5.10 Å². The second-order valence-electron chi connectivity index (χ2n) is 6.13. The van der Waals surface area contributed by atoms with E-state index < -0.39 is 5.82 Å². The quantitative estimate of drug-likeness (QED) is 0.421. The van der Waals surface area contributed by atoms with Crippen LogP contribution in [0.3, 0.4) is 0 Å². The van der Waals surface area contributed by atoms with Crippen LogP contribution in [-0.2, 0) is 13.6 Å². The first-order valence-electron chi connectivity index (χ1n) is 8.18. The van der Waals surface area contributed by atoms with Crippen LogP contribution in [-0.4, -0.2) is 24.7 Å². The Hall–Kier alpha value is -3.59. The van der Waals surface area contributed by atoms with Crippen molar-refractivity contribution >= 4 is 22.5 Å². The number of aryl methyl sites for hydroxylation is 1. The summed E-state index contributed by atoms with van der Waals surface area (Å²) in [5.41, 5.74) is 8.28. The minimum Gasteiger partial charge on any atom is -0.381 e. The summed E-state index contributed by atoms with van der Waals surface area (Å²) in [7, 11) is 1.81. The fourth-order valence-corrected chi connectivity index (χ4v) is 2.81. The molecule has 0 aliphatic rings. The third-order valence-corrected chi connectivity index (χ3v) is 4.17. The standard InChI is InChI=1S/C18H17FN8/c1-26-9-13(7-24-26)16-8-23-17(20)18(25-16)27(21)10-12-5-11-3-2-4-22-15(11)6-14(12)19/h2-9H,10,21H2,1H3,(H2,20,23). The molecule has 0 saturated carbocycles. The fraction of sp³-hybridized carbons (Fsp3) is 0.111. The monoisotopic (exact) mass is 364 g/mol. The molecule has 0 saturated heterocycles. The van der Waals surface area contributed by atoms with Crippen molar-refractivity contribution in [2.45, 2.75) is 6.54 Å². The summed E-state index contributed by atoms with van der Waals surface area (Å²) < 4.78 is 16.1. The van der Waals surface area contributed by atoms with Crippen molar-refractivity contribution in [2.75, 3.05) is 10.7 Å². The van der Waals surface area contributed by atoms with Gasteiger partial charge in [0, 0.05) is 42.0 Å². The summed E-state index contributed by atoms with van der Waals surface area (Å²) in [6.07, 6.45) is 6.64. The van der Waals surface area contributed by atoms with Gasteiger partial charge in [0.15, 0.2) is 11.6 Å². The van der Waals surface area contributed by atoms with Crippen LogP contribution in [0.2, 0.25) is 0 Å². The summed E-state index contributed by atoms with van der Waals surface area (Å²) >= 11 is 0. The number of nitrogens with zero attached hydrogens (tertiary/aromatic N) is 6. The molecule has 4 rings (SSSR count). The lowest BCUT2D eigenvalue weighted by Crippen LogP contribution is -2.32. The average Bonchev–Trinajstić information content (AvgIpc) is 3.09. The second-order valence-corrected chi connectivity index (χ2v) is 6.13. The summed E-state index contributed by atoms with van der Waals surface area (Å²) in [4.78, 5) is 12.8. The van der Waals surface area contributed by atoms with E-state index in [2.05, 4.69) is 20.1 Å². The van der Waals surface area contributed by atoms with Gasteiger partial charge in [0.05, 0.1) is 30.1 Å². The van der Waals surface area contributed by atoms with E-state index in [4.69, 9.17) is 11.6 Å². The first-order valence-corrected chi connectivity index (χ1v) is 8.18. The lowest BCUT2D eigenvalue weighted by atomic mass is 10.1. The Bertz CT molecular complexity index is 1120. The molecule has 27 heavy (non-hydrogen) atoms. The number of rotatable bonds is 4. The molecule has 4 N–H and O–H groups in total. The number of anilines is 2. The van der Waals surface area contributed by atoms with Crippen molar-refractivity contribution in [1.82, 2.24) is 24.7 Å². The number of nitrogens with two attached hydrogens (primary N) is 2. The van der Waals surface area contributed by atoms with Gasteiger partial charge >= 0.3 is 0 Å². The van der Waals surface area contributed by atoms with Gasteiger partial charge in [0.25, 0.3) is 0 Å². The number of nitrogen functional groups attached to an aromatic ring is 1. The van der Waals surface area contributed by atoms with Gasteiger partial charge in [0.1, 0.15) is 5.82 Å². The molecule has 0 atom stereocenters. The normalized spacial score (nSPS) is 11.1. The zero-order valence-electron chi connectivity index (χ0n) is 14.5. The van der Waals surface area contributed by atoms with Gasteiger partial charge in [-0.05, 0) is 12.1 Å². The molecule has 0 bridgehead atoms. The highest BCUT2D eigenvalue weighted by molar-refractivity contribution is 5.79. The van der Waals surface area contributed by atoms with Crippen LogP contribution < -0.4 is 16.6 Å². The third kappa shape index (κ3) is 3.27. The van der Waals surface area contributed by atoms with E-state index >= 15 is 0 Å². The minimum atomic E-state index is -0.397. The van der Waals surface area contributed by atoms with E-state index in [1.165, 1.54) is 11.1 Å². The lowest BCUT2D eigenvalue weighted by molar-refractivity contribution is 0.606. The Morgan fingerprint density at radius 2 is 2.07 bits per heavy atom. The molecule has 0 radical (unpaired) electrons. The Labute approximate surface area is 154 Å². The Kier molecular flexibility index (Phi) is 4.13. The predicted octanol–water partition coefficient (Wildman–Crippen LogP) is 2.03. The molecule has 0 spiro atoms. The highest BCUT2D eigenvalue weighted by Crippen LogP contribution is 2.25. The molecule has 3 aromatic heterocycles. The second kappa shape index (κ2) is 6.61. The van der Waals surface area contributed by atoms with Crippen molar-refractivity contribution < 1.29 is 4.39 Å². The molecule has 1 aromatic carbocycles. The molecule has 136 valence electrons. The first kappa shape index (κ1) is 16.9. The van der Waals surface area contributed by atoms with Crippen LogP contribution in [0, 0.1) is 5.82 Å². The van der Waals surface area contributed by atoms with E-state index in [9.17, 15) is 4.39 Å². The number of benzene rings is 1. The molecule has 8 nitrogen and oxygen atoms in total. The zero-order valence-corrected chi connectivity index (χ0v) is 14.5. The van der Waals surface area contributed by atoms with Crippen molar-refractivity contribution in [3.05, 3.63) is 60.4 Å². The summed E-state index contributed by atoms with van der Waals surface area (Å²) in [6, 6.07) is 6.76. The molecule has 0 amide bonds. The number of hydrazine groups is 1. The van der Waals surface area contributed by atoms with Crippen molar-refractivity contribution in [3.63, 3.8) is 0 Å². The van der Waals surface area contributed by atoms with Gasteiger partial charge in [-0.3, -0.25) is 14.7 Å². The van der Waals surface area contributed by atoms with Crippen LogP contribution in [0.25, 0.3) is 22.2 Å². The maximum Gasteiger partial charge on any atom is 0.186 e. The van der Waals surface area contributed by atoms with Gasteiger partial charge in [-0.15, -0.1) is 0 Å². The number of hydrogen-bond acceptors (Lipinski definition) is 7. The number of pyridine rings is 1. The number of fused-ring (bicyclic) bond motifs is 1. The maximum atomic E-state index is 14.4. The SMILES string of the molecule is Cn1cc(-c2cnc(N)c(N(N)Cc3cc4cccnc4cc3F)n2)cn1. The molecule has 0 aliphatic carbocycles. The maximum absolute atomic E-state index is 14.4. The highest BCUT2D eigenvalue weighted by Gasteiger charge is 2.15. The Morgan fingerprint density at radius 3 is 2.85 bits per heavy atom. The summed E-state index contributed by atoms with van der Waals surface area (Å²) in [5.74, 6) is 6.17. The molecule has 4 aromatic rings. The highest BCUT2D eigenvalue weighted by atomic mass is 19.1. The summed E-state index contributed by atoms with van der Waals surface area (Å²) in [6.45, 7) is 0.0754. The van der Waals surface area contributed by atoms with Crippen molar-refractivity contribution in [1.29, 1.82) is 0 Å². The molecule has 0 unspecified atom stereocenters. The number of aromatic nitrogens is 5. The zero-order chi connectivity index (χ0) is 19.0. The number of halogens is 1. The first-order chi connectivity index (χ1) is 13.0. The third-order valence-electron chi connectivity index (χ3n) is 4.17. The average molecular weight is 364 g/mol. The van der Waals surface area contributed by atoms with Crippen molar-refractivity contribution in [2.24, 2.45) is 12.9 Å². The smallest absolute Gasteiger partial charge is 0.186 e. The van der Waals surface area contributed by atoms with Gasteiger partial charge in [-0.1, -0.05) is 6.07 Å². The van der Waals surface area contributed by atoms with E-state index in [0.29, 0.717) is 16.8 Å².